The summed E-state index contributed by atoms with van der Waals surface area (Å²) in [5, 5.41) is 0. The van der Waals surface area contributed by atoms with Crippen LogP contribution in [-0.4, -0.2) is 0 Å². The maximum Gasteiger partial charge on any atom is 0.134 e. The first kappa shape index (κ1) is 14.9. The molecule has 0 aromatic heterocycles. The molecule has 3 heteroatoms. The van der Waals surface area contributed by atoms with Crippen molar-refractivity contribution in [3.63, 3.8) is 0 Å². The monoisotopic (exact) mass is 292 g/mol. The van der Waals surface area contributed by atoms with Gasteiger partial charge in [0.05, 0.1) is 5.88 Å². The molecule has 0 aliphatic carbocycles. The molecule has 0 N–H and O–H groups in total. The molecule has 0 amide bonds. The zero-order valence-corrected chi connectivity index (χ0v) is 12.5. The van der Waals surface area contributed by atoms with Gasteiger partial charge in [-0.15, -0.1) is 11.6 Å². The molecule has 2 rings (SSSR count). The first-order valence-corrected chi connectivity index (χ1v) is 7.30. The van der Waals surface area contributed by atoms with Crippen molar-refractivity contribution in [1.82, 2.24) is 0 Å². The van der Waals surface area contributed by atoms with Crippen molar-refractivity contribution >= 4 is 11.6 Å². The van der Waals surface area contributed by atoms with Gasteiger partial charge in [-0.25, -0.2) is 4.39 Å². The van der Waals surface area contributed by atoms with Crippen molar-refractivity contribution in [2.45, 2.75) is 32.1 Å². The third-order valence-corrected chi connectivity index (χ3v) is 3.77. The molecule has 0 heterocycles. The number of benzene rings is 2. The zero-order valence-electron chi connectivity index (χ0n) is 11.7. The average Bonchev–Trinajstić information content (AvgIpc) is 2.47. The number of alkyl halides is 1. The van der Waals surface area contributed by atoms with Gasteiger partial charge in [-0.1, -0.05) is 32.0 Å². The second-order valence-electron chi connectivity index (χ2n) is 4.83. The summed E-state index contributed by atoms with van der Waals surface area (Å²) in [6.45, 7) is 4.35. The molecular formula is C17H18ClFO. The lowest BCUT2D eigenvalue weighted by Crippen LogP contribution is -1.94. The fourth-order valence-corrected chi connectivity index (χ4v) is 2.25. The van der Waals surface area contributed by atoms with Gasteiger partial charge < -0.3 is 4.74 Å². The quantitative estimate of drug-likeness (QED) is 0.626. The summed E-state index contributed by atoms with van der Waals surface area (Å²) in [5.41, 5.74) is 1.66. The van der Waals surface area contributed by atoms with Crippen molar-refractivity contribution in [2.24, 2.45) is 0 Å². The van der Waals surface area contributed by atoms with Crippen molar-refractivity contribution in [2.75, 3.05) is 0 Å². The highest BCUT2D eigenvalue weighted by molar-refractivity contribution is 6.17. The molecule has 0 saturated carbocycles. The number of ether oxygens (including phenoxy) is 1. The Morgan fingerprint density at radius 1 is 1.15 bits per heavy atom. The van der Waals surface area contributed by atoms with Gasteiger partial charge in [0.25, 0.3) is 0 Å². The van der Waals surface area contributed by atoms with Crippen LogP contribution in [0.15, 0.2) is 42.5 Å². The molecule has 0 saturated heterocycles. The lowest BCUT2D eigenvalue weighted by molar-refractivity contribution is 0.470. The van der Waals surface area contributed by atoms with Gasteiger partial charge in [-0.2, -0.15) is 0 Å². The Balaban J connectivity index is 2.20. The lowest BCUT2D eigenvalue weighted by atomic mass is 9.99. The fourth-order valence-electron chi connectivity index (χ4n) is 1.99. The molecule has 2 aromatic carbocycles. The molecule has 1 atom stereocenters. The Morgan fingerprint density at radius 2 is 1.85 bits per heavy atom. The van der Waals surface area contributed by atoms with Crippen LogP contribution in [0.25, 0.3) is 0 Å². The van der Waals surface area contributed by atoms with Gasteiger partial charge in [-0.3, -0.25) is 0 Å². The summed E-state index contributed by atoms with van der Waals surface area (Å²) in [5.74, 6) is 1.43. The minimum Gasteiger partial charge on any atom is -0.457 e. The summed E-state index contributed by atoms with van der Waals surface area (Å²) < 4.78 is 19.3. The SMILES string of the molecule is CCC(C)c1ccc(Oc2cccc(F)c2CCl)cc1. The Bertz CT molecular complexity index is 566. The molecular weight excluding hydrogens is 275 g/mol. The molecule has 0 spiro atoms. The Hall–Kier alpha value is -1.54. The van der Waals surface area contributed by atoms with Crippen LogP contribution in [0.3, 0.4) is 0 Å². The normalized spacial score (nSPS) is 12.2. The van der Waals surface area contributed by atoms with Crippen molar-refractivity contribution in [1.29, 1.82) is 0 Å². The van der Waals surface area contributed by atoms with E-state index in [9.17, 15) is 4.39 Å². The number of halogens is 2. The van der Waals surface area contributed by atoms with E-state index in [2.05, 4.69) is 13.8 Å². The van der Waals surface area contributed by atoms with E-state index < -0.39 is 0 Å². The molecule has 1 unspecified atom stereocenters. The first-order valence-electron chi connectivity index (χ1n) is 6.76. The van der Waals surface area contributed by atoms with Crippen molar-refractivity contribution in [3.8, 4) is 11.5 Å². The summed E-state index contributed by atoms with van der Waals surface area (Å²) in [4.78, 5) is 0. The predicted octanol–water partition coefficient (Wildman–Crippen LogP) is 5.87. The van der Waals surface area contributed by atoms with Gasteiger partial charge in [0, 0.05) is 5.56 Å². The van der Waals surface area contributed by atoms with Gasteiger partial charge in [0.15, 0.2) is 0 Å². The Morgan fingerprint density at radius 3 is 2.45 bits per heavy atom. The zero-order chi connectivity index (χ0) is 14.5. The van der Waals surface area contributed by atoms with E-state index in [0.717, 1.165) is 6.42 Å². The number of hydrogen-bond acceptors (Lipinski definition) is 1. The first-order chi connectivity index (χ1) is 9.65. The predicted molar refractivity (Wildman–Crippen MR) is 81.2 cm³/mol. The van der Waals surface area contributed by atoms with Gasteiger partial charge in [-0.05, 0) is 42.2 Å². The Labute approximate surface area is 124 Å². The topological polar surface area (TPSA) is 9.23 Å². The van der Waals surface area contributed by atoms with Crippen LogP contribution in [0.4, 0.5) is 4.39 Å². The van der Waals surface area contributed by atoms with E-state index in [1.54, 1.807) is 12.1 Å². The van der Waals surface area contributed by atoms with E-state index in [4.69, 9.17) is 16.3 Å². The second-order valence-corrected chi connectivity index (χ2v) is 5.10. The van der Waals surface area contributed by atoms with E-state index in [0.29, 0.717) is 23.0 Å². The maximum atomic E-state index is 13.6. The van der Waals surface area contributed by atoms with Crippen molar-refractivity contribution < 1.29 is 9.13 Å². The highest BCUT2D eigenvalue weighted by Gasteiger charge is 2.10. The van der Waals surface area contributed by atoms with E-state index in [-0.39, 0.29) is 11.7 Å². The molecule has 1 nitrogen and oxygen atoms in total. The molecule has 0 bridgehead atoms. The minimum atomic E-state index is -0.339. The summed E-state index contributed by atoms with van der Waals surface area (Å²) >= 11 is 5.77. The van der Waals surface area contributed by atoms with Crippen LogP contribution < -0.4 is 4.74 Å². The van der Waals surface area contributed by atoms with Crippen LogP contribution in [0.2, 0.25) is 0 Å². The van der Waals surface area contributed by atoms with Crippen LogP contribution >= 0.6 is 11.6 Å². The van der Waals surface area contributed by atoms with Crippen LogP contribution in [-0.2, 0) is 5.88 Å². The molecule has 0 aliphatic heterocycles. The molecule has 0 aliphatic rings. The standard InChI is InChI=1S/C17H18ClFO/c1-3-12(2)13-7-9-14(10-8-13)20-17-6-4-5-16(19)15(17)11-18/h4-10,12H,3,11H2,1-2H3. The maximum absolute atomic E-state index is 13.6. The lowest BCUT2D eigenvalue weighted by Gasteiger charge is -2.12. The molecule has 0 fully saturated rings. The fraction of sp³-hybridized carbons (Fsp3) is 0.294. The minimum absolute atomic E-state index is 0.0902. The Kier molecular flexibility index (Phi) is 5.02. The summed E-state index contributed by atoms with van der Waals surface area (Å²) in [6.07, 6.45) is 1.10. The highest BCUT2D eigenvalue weighted by atomic mass is 35.5. The largest absolute Gasteiger partial charge is 0.457 e. The second kappa shape index (κ2) is 6.76. The smallest absolute Gasteiger partial charge is 0.134 e. The highest BCUT2D eigenvalue weighted by Crippen LogP contribution is 2.29. The van der Waals surface area contributed by atoms with Crippen LogP contribution in [0, 0.1) is 5.82 Å². The number of hydrogen-bond donors (Lipinski definition) is 0. The van der Waals surface area contributed by atoms with Gasteiger partial charge in [0.1, 0.15) is 17.3 Å². The van der Waals surface area contributed by atoms with Crippen molar-refractivity contribution in [3.05, 3.63) is 59.4 Å². The van der Waals surface area contributed by atoms with Gasteiger partial charge >= 0.3 is 0 Å². The summed E-state index contributed by atoms with van der Waals surface area (Å²) in [6, 6.07) is 12.6. The van der Waals surface area contributed by atoms with Gasteiger partial charge in [0.2, 0.25) is 0 Å². The molecule has 2 aromatic rings. The third kappa shape index (κ3) is 3.31. The van der Waals surface area contributed by atoms with Crippen LogP contribution in [0.1, 0.15) is 37.3 Å². The average molecular weight is 293 g/mol. The molecule has 0 radical (unpaired) electrons. The van der Waals surface area contributed by atoms with E-state index in [1.807, 2.05) is 24.3 Å². The van der Waals surface area contributed by atoms with E-state index in [1.165, 1.54) is 11.6 Å². The number of rotatable bonds is 5. The molecule has 106 valence electrons. The van der Waals surface area contributed by atoms with Crippen LogP contribution in [0.5, 0.6) is 11.5 Å². The summed E-state index contributed by atoms with van der Waals surface area (Å²) in [7, 11) is 0. The molecule has 20 heavy (non-hydrogen) atoms. The third-order valence-electron chi connectivity index (χ3n) is 3.50. The van der Waals surface area contributed by atoms with E-state index >= 15 is 0 Å².